The Morgan fingerprint density at radius 2 is 1.50 bits per heavy atom. The van der Waals surface area contributed by atoms with Gasteiger partial charge in [0.05, 0.1) is 6.61 Å². The maximum absolute atomic E-state index is 9.12. The van der Waals surface area contributed by atoms with Crippen LogP contribution < -0.4 is 5.32 Å². The third kappa shape index (κ3) is 4.43. The van der Waals surface area contributed by atoms with Crippen LogP contribution in [0.3, 0.4) is 0 Å². The van der Waals surface area contributed by atoms with Crippen LogP contribution >= 0.6 is 0 Å². The van der Waals surface area contributed by atoms with Crippen LogP contribution in [0.15, 0.2) is 0 Å². The standard InChI is InChI=1S/C6H12O6.C5H11N/c7-1-2-3(8)4(9)5(10)6(11)12-2;1-2-4-6-5-3-1/h2-11H,1H2;6H,1-5H2/t2-,3+,4+,5-,6?;/m1./s1. The number of nitrogens with one attached hydrogen (secondary N) is 1. The van der Waals surface area contributed by atoms with E-state index in [9.17, 15) is 0 Å². The molecule has 18 heavy (non-hydrogen) atoms. The van der Waals surface area contributed by atoms with Gasteiger partial charge in [0.1, 0.15) is 24.4 Å². The first-order valence-corrected chi connectivity index (χ1v) is 6.27. The Morgan fingerprint density at radius 3 is 1.89 bits per heavy atom. The van der Waals surface area contributed by atoms with Crippen molar-refractivity contribution in [2.45, 2.75) is 50.0 Å². The van der Waals surface area contributed by atoms with Crippen molar-refractivity contribution < 1.29 is 30.3 Å². The summed E-state index contributed by atoms with van der Waals surface area (Å²) in [6, 6.07) is 0. The maximum Gasteiger partial charge on any atom is 0.184 e. The molecule has 0 saturated carbocycles. The molecule has 1 unspecified atom stereocenters. The molecule has 7 heteroatoms. The summed E-state index contributed by atoms with van der Waals surface area (Å²) in [6.45, 7) is 1.97. The highest BCUT2D eigenvalue weighted by atomic mass is 16.6. The zero-order chi connectivity index (χ0) is 13.5. The average molecular weight is 265 g/mol. The van der Waals surface area contributed by atoms with E-state index < -0.39 is 37.3 Å². The quantitative estimate of drug-likeness (QED) is 0.311. The predicted octanol–water partition coefficient (Wildman–Crippen LogP) is -2.46. The number of hydrogen-bond acceptors (Lipinski definition) is 7. The Morgan fingerprint density at radius 1 is 0.889 bits per heavy atom. The largest absolute Gasteiger partial charge is 0.394 e. The normalized spacial score (nSPS) is 40.8. The molecule has 5 atom stereocenters. The van der Waals surface area contributed by atoms with Gasteiger partial charge in [-0.2, -0.15) is 0 Å². The first-order valence-electron chi connectivity index (χ1n) is 6.27. The molecule has 6 N–H and O–H groups in total. The van der Waals surface area contributed by atoms with Crippen molar-refractivity contribution in [2.24, 2.45) is 0 Å². The number of piperidine rings is 1. The van der Waals surface area contributed by atoms with E-state index >= 15 is 0 Å². The van der Waals surface area contributed by atoms with Gasteiger partial charge in [0.2, 0.25) is 0 Å². The lowest BCUT2D eigenvalue weighted by Gasteiger charge is -2.37. The number of ether oxygens (including phenoxy) is 1. The third-order valence-electron chi connectivity index (χ3n) is 3.07. The van der Waals surface area contributed by atoms with Gasteiger partial charge in [-0.05, 0) is 25.9 Å². The summed E-state index contributed by atoms with van der Waals surface area (Å²) in [7, 11) is 0. The summed E-state index contributed by atoms with van der Waals surface area (Å²) < 4.78 is 4.58. The minimum atomic E-state index is -1.57. The second-order valence-corrected chi connectivity index (χ2v) is 4.53. The maximum atomic E-state index is 9.12. The predicted molar refractivity (Wildman–Crippen MR) is 62.7 cm³/mol. The molecular formula is C11H23NO6. The number of aliphatic hydroxyl groups is 5. The fourth-order valence-corrected chi connectivity index (χ4v) is 1.88. The highest BCUT2D eigenvalue weighted by Crippen LogP contribution is 2.18. The van der Waals surface area contributed by atoms with Gasteiger partial charge in [0, 0.05) is 0 Å². The van der Waals surface area contributed by atoms with Crippen LogP contribution in [0.4, 0.5) is 0 Å². The molecule has 2 aliphatic heterocycles. The fraction of sp³-hybridized carbons (Fsp3) is 1.00. The second-order valence-electron chi connectivity index (χ2n) is 4.53. The molecule has 2 saturated heterocycles. The Bertz CT molecular complexity index is 209. The van der Waals surface area contributed by atoms with E-state index in [0.29, 0.717) is 0 Å². The monoisotopic (exact) mass is 265 g/mol. The molecule has 0 spiro atoms. The summed E-state index contributed by atoms with van der Waals surface area (Å²) in [5, 5.41) is 47.9. The second kappa shape index (κ2) is 8.00. The minimum absolute atomic E-state index is 0.526. The molecule has 0 aromatic rings. The lowest BCUT2D eigenvalue weighted by atomic mass is 10.00. The number of hydrogen-bond donors (Lipinski definition) is 6. The summed E-state index contributed by atoms with van der Waals surface area (Å²) in [6.07, 6.45) is -2.83. The van der Waals surface area contributed by atoms with E-state index in [4.69, 9.17) is 25.5 Å². The van der Waals surface area contributed by atoms with Crippen LogP contribution in [0.1, 0.15) is 19.3 Å². The molecule has 2 fully saturated rings. The topological polar surface area (TPSA) is 122 Å². The molecule has 2 heterocycles. The van der Waals surface area contributed by atoms with Gasteiger partial charge < -0.3 is 35.6 Å². The van der Waals surface area contributed by atoms with Gasteiger partial charge in [0.25, 0.3) is 0 Å². The first-order chi connectivity index (χ1) is 8.57. The van der Waals surface area contributed by atoms with Crippen molar-refractivity contribution in [3.63, 3.8) is 0 Å². The van der Waals surface area contributed by atoms with Gasteiger partial charge in [-0.1, -0.05) is 6.42 Å². The van der Waals surface area contributed by atoms with Crippen molar-refractivity contribution in [3.05, 3.63) is 0 Å². The summed E-state index contributed by atoms with van der Waals surface area (Å²) >= 11 is 0. The highest BCUT2D eigenvalue weighted by molar-refractivity contribution is 4.87. The van der Waals surface area contributed by atoms with Gasteiger partial charge in [-0.25, -0.2) is 0 Å². The average Bonchev–Trinajstić information content (AvgIpc) is 2.43. The highest BCUT2D eigenvalue weighted by Gasteiger charge is 2.42. The van der Waals surface area contributed by atoms with Gasteiger partial charge in [-0.3, -0.25) is 0 Å². The van der Waals surface area contributed by atoms with Crippen molar-refractivity contribution in [1.82, 2.24) is 5.32 Å². The third-order valence-corrected chi connectivity index (χ3v) is 3.07. The zero-order valence-electron chi connectivity index (χ0n) is 10.3. The van der Waals surface area contributed by atoms with Crippen LogP contribution in [0.5, 0.6) is 0 Å². The van der Waals surface area contributed by atoms with Crippen LogP contribution in [0, 0.1) is 0 Å². The zero-order valence-corrected chi connectivity index (χ0v) is 10.3. The molecule has 0 amide bonds. The Hall–Kier alpha value is -0.280. The van der Waals surface area contributed by atoms with Gasteiger partial charge >= 0.3 is 0 Å². The molecule has 108 valence electrons. The van der Waals surface area contributed by atoms with Crippen molar-refractivity contribution >= 4 is 0 Å². The summed E-state index contributed by atoms with van der Waals surface area (Å²) in [4.78, 5) is 0. The van der Waals surface area contributed by atoms with E-state index in [1.807, 2.05) is 0 Å². The van der Waals surface area contributed by atoms with E-state index in [1.54, 1.807) is 0 Å². The van der Waals surface area contributed by atoms with Gasteiger partial charge in [0.15, 0.2) is 6.29 Å². The van der Waals surface area contributed by atoms with E-state index in [2.05, 4.69) is 10.1 Å². The SMILES string of the molecule is C1CCNCC1.OC[C@H]1OC(O)[C@H](O)[C@@H](O)[C@H]1O. The lowest BCUT2D eigenvalue weighted by Crippen LogP contribution is -2.58. The molecule has 2 rings (SSSR count). The van der Waals surface area contributed by atoms with Crippen LogP contribution in [0.2, 0.25) is 0 Å². The molecular weight excluding hydrogens is 242 g/mol. The Kier molecular flexibility index (Phi) is 7.02. The van der Waals surface area contributed by atoms with Crippen LogP contribution in [-0.4, -0.2) is 75.9 Å². The van der Waals surface area contributed by atoms with E-state index in [0.717, 1.165) is 0 Å². The molecule has 0 aliphatic carbocycles. The Labute approximate surface area is 106 Å². The molecule has 0 aromatic heterocycles. The number of rotatable bonds is 1. The molecule has 0 radical (unpaired) electrons. The summed E-state index contributed by atoms with van der Waals surface area (Å²) in [5.41, 5.74) is 0. The Balaban J connectivity index is 0.000000225. The van der Waals surface area contributed by atoms with Crippen molar-refractivity contribution in [3.8, 4) is 0 Å². The molecule has 2 aliphatic rings. The molecule has 0 bridgehead atoms. The molecule has 7 nitrogen and oxygen atoms in total. The van der Waals surface area contributed by atoms with Crippen molar-refractivity contribution in [1.29, 1.82) is 0 Å². The van der Waals surface area contributed by atoms with Gasteiger partial charge in [-0.15, -0.1) is 0 Å². The minimum Gasteiger partial charge on any atom is -0.394 e. The number of aliphatic hydroxyl groups excluding tert-OH is 5. The van der Waals surface area contributed by atoms with Crippen LogP contribution in [0.25, 0.3) is 0 Å². The first kappa shape index (κ1) is 15.8. The summed E-state index contributed by atoms with van der Waals surface area (Å²) in [5.74, 6) is 0. The van der Waals surface area contributed by atoms with Crippen LogP contribution in [-0.2, 0) is 4.74 Å². The van der Waals surface area contributed by atoms with E-state index in [1.165, 1.54) is 32.4 Å². The fourth-order valence-electron chi connectivity index (χ4n) is 1.88. The van der Waals surface area contributed by atoms with Crippen molar-refractivity contribution in [2.75, 3.05) is 19.7 Å². The smallest absolute Gasteiger partial charge is 0.184 e. The lowest BCUT2D eigenvalue weighted by molar-refractivity contribution is -0.286. The molecule has 0 aromatic carbocycles. The van der Waals surface area contributed by atoms with E-state index in [-0.39, 0.29) is 0 Å².